The van der Waals surface area contributed by atoms with Crippen LogP contribution in [0.3, 0.4) is 0 Å². The molecule has 0 N–H and O–H groups in total. The molecule has 86 valence electrons. The Morgan fingerprint density at radius 2 is 1.71 bits per heavy atom. The van der Waals surface area contributed by atoms with Crippen LogP contribution < -0.4 is 0 Å². The summed E-state index contributed by atoms with van der Waals surface area (Å²) in [6.07, 6.45) is 2.21. The summed E-state index contributed by atoms with van der Waals surface area (Å²) < 4.78 is 5.40. The molecule has 0 aromatic carbocycles. The summed E-state index contributed by atoms with van der Waals surface area (Å²) in [5.74, 6) is 1.24. The summed E-state index contributed by atoms with van der Waals surface area (Å²) in [4.78, 5) is 0. The fraction of sp³-hybridized carbons (Fsp3) is 1.00. The van der Waals surface area contributed by atoms with Gasteiger partial charge in [0.05, 0.1) is 5.60 Å². The number of rotatable bonds is 6. The van der Waals surface area contributed by atoms with Gasteiger partial charge in [0.2, 0.25) is 0 Å². The molecule has 0 rings (SSSR count). The van der Waals surface area contributed by atoms with Crippen LogP contribution in [0.2, 0.25) is 0 Å². The minimum absolute atomic E-state index is 0.0150. The second-order valence-electron chi connectivity index (χ2n) is 5.09. The third kappa shape index (κ3) is 5.21. The smallest absolute Gasteiger partial charge is 0.0622 e. The lowest BCUT2D eigenvalue weighted by Gasteiger charge is -2.29. The topological polar surface area (TPSA) is 9.23 Å². The van der Waals surface area contributed by atoms with E-state index >= 15 is 0 Å². The molecule has 2 unspecified atom stereocenters. The summed E-state index contributed by atoms with van der Waals surface area (Å²) in [7, 11) is 1.77. The molecule has 0 aromatic rings. The van der Waals surface area contributed by atoms with Gasteiger partial charge in [-0.3, -0.25) is 0 Å². The molecule has 2 heteroatoms. The van der Waals surface area contributed by atoms with Crippen LogP contribution >= 0.6 is 11.6 Å². The minimum Gasteiger partial charge on any atom is -0.379 e. The Morgan fingerprint density at radius 3 is 2.00 bits per heavy atom. The maximum Gasteiger partial charge on any atom is 0.0622 e. The molecule has 0 heterocycles. The van der Waals surface area contributed by atoms with Crippen molar-refractivity contribution in [3.8, 4) is 0 Å². The maximum atomic E-state index is 6.17. The molecule has 2 atom stereocenters. The van der Waals surface area contributed by atoms with Gasteiger partial charge < -0.3 is 4.74 Å². The van der Waals surface area contributed by atoms with Gasteiger partial charge in [-0.1, -0.05) is 13.8 Å². The van der Waals surface area contributed by atoms with Crippen molar-refractivity contribution >= 4 is 11.6 Å². The summed E-state index contributed by atoms with van der Waals surface area (Å²) in [5.41, 5.74) is -0.0150. The molecular weight excluding hydrogens is 196 g/mol. The summed E-state index contributed by atoms with van der Waals surface area (Å²) >= 11 is 6.17. The van der Waals surface area contributed by atoms with Gasteiger partial charge in [-0.15, -0.1) is 11.6 Å². The first-order valence-electron chi connectivity index (χ1n) is 5.49. The Bertz CT molecular complexity index is 144. The van der Waals surface area contributed by atoms with E-state index in [-0.39, 0.29) is 11.0 Å². The zero-order valence-electron chi connectivity index (χ0n) is 10.4. The van der Waals surface area contributed by atoms with Crippen LogP contribution in [0.1, 0.15) is 47.5 Å². The predicted octanol–water partition coefficient (Wildman–Crippen LogP) is 4.09. The number of ether oxygens (including phenoxy) is 1. The molecule has 0 aliphatic carbocycles. The number of alkyl halides is 1. The molecule has 0 saturated carbocycles. The van der Waals surface area contributed by atoms with E-state index in [1.807, 2.05) is 0 Å². The van der Waals surface area contributed by atoms with Gasteiger partial charge in [0.1, 0.15) is 0 Å². The standard InChI is InChI=1S/C12H25ClO/c1-9(2)11(10(3)13)7-8-12(4,5)14-6/h9-11H,7-8H2,1-6H3. The number of hydrogen-bond acceptors (Lipinski definition) is 1. The van der Waals surface area contributed by atoms with E-state index in [9.17, 15) is 0 Å². The molecular formula is C12H25ClO. The van der Waals surface area contributed by atoms with Crippen LogP contribution in [0, 0.1) is 11.8 Å². The lowest BCUT2D eigenvalue weighted by Crippen LogP contribution is -2.26. The van der Waals surface area contributed by atoms with Gasteiger partial charge in [-0.05, 0) is 45.4 Å². The van der Waals surface area contributed by atoms with Crippen LogP contribution in [0.25, 0.3) is 0 Å². The molecule has 0 bridgehead atoms. The van der Waals surface area contributed by atoms with Gasteiger partial charge >= 0.3 is 0 Å². The highest BCUT2D eigenvalue weighted by atomic mass is 35.5. The minimum atomic E-state index is -0.0150. The first kappa shape index (κ1) is 14.2. The Labute approximate surface area is 94.2 Å². The van der Waals surface area contributed by atoms with Crippen molar-refractivity contribution in [2.45, 2.75) is 58.4 Å². The third-order valence-corrected chi connectivity index (χ3v) is 3.40. The highest BCUT2D eigenvalue weighted by molar-refractivity contribution is 6.20. The van der Waals surface area contributed by atoms with E-state index in [2.05, 4.69) is 34.6 Å². The monoisotopic (exact) mass is 220 g/mol. The average Bonchev–Trinajstić information content (AvgIpc) is 2.03. The summed E-state index contributed by atoms with van der Waals surface area (Å²) in [5, 5.41) is 0.252. The molecule has 0 fully saturated rings. The Morgan fingerprint density at radius 1 is 1.21 bits per heavy atom. The van der Waals surface area contributed by atoms with Crippen molar-refractivity contribution in [3.63, 3.8) is 0 Å². The first-order chi connectivity index (χ1) is 6.30. The number of hydrogen-bond donors (Lipinski definition) is 0. The summed E-state index contributed by atoms with van der Waals surface area (Å²) in [6.45, 7) is 10.8. The predicted molar refractivity (Wildman–Crippen MR) is 64.0 cm³/mol. The molecule has 0 spiro atoms. The normalized spacial score (nSPS) is 17.1. The molecule has 0 aromatic heterocycles. The Balaban J connectivity index is 4.07. The fourth-order valence-electron chi connectivity index (χ4n) is 1.71. The van der Waals surface area contributed by atoms with Gasteiger partial charge in [-0.25, -0.2) is 0 Å². The second kappa shape index (κ2) is 5.97. The van der Waals surface area contributed by atoms with Crippen molar-refractivity contribution in [1.82, 2.24) is 0 Å². The molecule has 0 saturated heterocycles. The van der Waals surface area contributed by atoms with E-state index < -0.39 is 0 Å². The van der Waals surface area contributed by atoms with Crippen LogP contribution in [0.5, 0.6) is 0 Å². The zero-order chi connectivity index (χ0) is 11.4. The third-order valence-electron chi connectivity index (χ3n) is 3.08. The maximum absolute atomic E-state index is 6.17. The van der Waals surface area contributed by atoms with Gasteiger partial charge in [-0.2, -0.15) is 0 Å². The largest absolute Gasteiger partial charge is 0.379 e. The Hall–Kier alpha value is 0.250. The van der Waals surface area contributed by atoms with Gasteiger partial charge in [0.15, 0.2) is 0 Å². The molecule has 0 aliphatic rings. The fourth-order valence-corrected chi connectivity index (χ4v) is 2.13. The molecule has 1 nitrogen and oxygen atoms in total. The van der Waals surface area contributed by atoms with Crippen molar-refractivity contribution < 1.29 is 4.74 Å². The van der Waals surface area contributed by atoms with Crippen molar-refractivity contribution in [2.75, 3.05) is 7.11 Å². The van der Waals surface area contributed by atoms with E-state index in [1.54, 1.807) is 7.11 Å². The number of methoxy groups -OCH3 is 1. The van der Waals surface area contributed by atoms with E-state index in [1.165, 1.54) is 0 Å². The Kier molecular flexibility index (Phi) is 6.08. The first-order valence-corrected chi connectivity index (χ1v) is 5.93. The molecule has 0 aliphatic heterocycles. The SMILES string of the molecule is COC(C)(C)CCC(C(C)C)C(C)Cl. The van der Waals surface area contributed by atoms with Crippen LogP contribution in [0.15, 0.2) is 0 Å². The van der Waals surface area contributed by atoms with Gasteiger partial charge in [0.25, 0.3) is 0 Å². The van der Waals surface area contributed by atoms with E-state index in [4.69, 9.17) is 16.3 Å². The van der Waals surface area contributed by atoms with Crippen molar-refractivity contribution in [3.05, 3.63) is 0 Å². The van der Waals surface area contributed by atoms with Gasteiger partial charge in [0, 0.05) is 12.5 Å². The highest BCUT2D eigenvalue weighted by Gasteiger charge is 2.23. The van der Waals surface area contributed by atoms with Crippen LogP contribution in [-0.2, 0) is 4.74 Å². The average molecular weight is 221 g/mol. The molecule has 14 heavy (non-hydrogen) atoms. The van der Waals surface area contributed by atoms with Crippen molar-refractivity contribution in [2.24, 2.45) is 11.8 Å². The van der Waals surface area contributed by atoms with Crippen LogP contribution in [-0.4, -0.2) is 18.1 Å². The van der Waals surface area contributed by atoms with Crippen LogP contribution in [0.4, 0.5) is 0 Å². The zero-order valence-corrected chi connectivity index (χ0v) is 11.2. The summed E-state index contributed by atoms with van der Waals surface area (Å²) in [6, 6.07) is 0. The molecule has 0 amide bonds. The van der Waals surface area contributed by atoms with E-state index in [0.717, 1.165) is 12.8 Å². The quantitative estimate of drug-likeness (QED) is 0.613. The lowest BCUT2D eigenvalue weighted by atomic mass is 9.85. The highest BCUT2D eigenvalue weighted by Crippen LogP contribution is 2.28. The second-order valence-corrected chi connectivity index (χ2v) is 5.78. The van der Waals surface area contributed by atoms with E-state index in [0.29, 0.717) is 11.8 Å². The van der Waals surface area contributed by atoms with Crippen molar-refractivity contribution in [1.29, 1.82) is 0 Å². The molecule has 0 radical (unpaired) electrons. The number of halogens is 1. The lowest BCUT2D eigenvalue weighted by molar-refractivity contribution is 0.00878.